The monoisotopic (exact) mass is 407 g/mol. The molecule has 0 bridgehead atoms. The smallest absolute Gasteiger partial charge is 0.244 e. The Kier molecular flexibility index (Phi) is 4.69. The number of hydrogen-bond acceptors (Lipinski definition) is 6. The van der Waals surface area contributed by atoms with Gasteiger partial charge in [-0.05, 0) is 24.0 Å². The van der Waals surface area contributed by atoms with Crippen molar-refractivity contribution in [2.45, 2.75) is 62.7 Å². The Hall–Kier alpha value is -1.68. The van der Waals surface area contributed by atoms with E-state index in [0.29, 0.717) is 31.6 Å². The summed E-state index contributed by atoms with van der Waals surface area (Å²) in [5.41, 5.74) is 6.34. The van der Waals surface area contributed by atoms with Crippen LogP contribution in [0, 0.1) is 5.41 Å². The predicted octanol–water partition coefficient (Wildman–Crippen LogP) is 0.990. The van der Waals surface area contributed by atoms with Gasteiger partial charge in [0.25, 0.3) is 0 Å². The Morgan fingerprint density at radius 3 is 2.46 bits per heavy atom. The minimum Gasteiger partial charge on any atom is -0.365 e. The van der Waals surface area contributed by atoms with Crippen molar-refractivity contribution in [3.63, 3.8) is 0 Å². The lowest BCUT2D eigenvalue weighted by atomic mass is 9.84. The highest BCUT2D eigenvalue weighted by molar-refractivity contribution is 7.89. The molecule has 4 N–H and O–H groups in total. The van der Waals surface area contributed by atoms with Crippen LogP contribution in [-0.4, -0.2) is 50.1 Å². The molecule has 1 amide bonds. The summed E-state index contributed by atoms with van der Waals surface area (Å²) in [5, 5.41) is 3.37. The molecule has 9 heteroatoms. The van der Waals surface area contributed by atoms with Crippen LogP contribution in [0.1, 0.15) is 40.0 Å². The molecule has 1 aromatic rings. The van der Waals surface area contributed by atoms with Crippen LogP contribution in [0.25, 0.3) is 0 Å². The predicted molar refractivity (Wildman–Crippen MR) is 107 cm³/mol. The highest BCUT2D eigenvalue weighted by atomic mass is 32.2. The van der Waals surface area contributed by atoms with E-state index in [1.165, 1.54) is 0 Å². The van der Waals surface area contributed by atoms with Gasteiger partial charge in [0.1, 0.15) is 16.6 Å². The van der Waals surface area contributed by atoms with Gasteiger partial charge < -0.3 is 10.2 Å². The maximum Gasteiger partial charge on any atom is 0.244 e. The molecule has 28 heavy (non-hydrogen) atoms. The van der Waals surface area contributed by atoms with Gasteiger partial charge in [0, 0.05) is 32.0 Å². The number of rotatable bonds is 1. The number of fused-ring (bicyclic) bond motifs is 1. The quantitative estimate of drug-likeness (QED) is 0.554. The minimum atomic E-state index is -3.57. The van der Waals surface area contributed by atoms with E-state index in [1.807, 2.05) is 11.0 Å². The summed E-state index contributed by atoms with van der Waals surface area (Å²) >= 11 is 0. The van der Waals surface area contributed by atoms with E-state index in [1.54, 1.807) is 18.2 Å². The standard InChI is InChI=1S/C19H29N5O3S/c1-18(2,3)16-12-14(21-22-16)17(25)24-10-8-19(9-11-24)20-13-6-4-5-7-15(13)28(26,27)23-19/h4-7,14,16,20-23H,8-12H2,1-3H3. The van der Waals surface area contributed by atoms with Crippen molar-refractivity contribution in [3.05, 3.63) is 24.3 Å². The zero-order chi connectivity index (χ0) is 20.2. The lowest BCUT2D eigenvalue weighted by molar-refractivity contribution is -0.134. The van der Waals surface area contributed by atoms with Crippen LogP contribution in [0.4, 0.5) is 5.69 Å². The number of nitrogens with one attached hydrogen (secondary N) is 4. The molecule has 154 valence electrons. The van der Waals surface area contributed by atoms with Gasteiger partial charge in [0.05, 0.1) is 5.69 Å². The van der Waals surface area contributed by atoms with Crippen LogP contribution >= 0.6 is 0 Å². The van der Waals surface area contributed by atoms with Crippen molar-refractivity contribution >= 4 is 21.6 Å². The summed E-state index contributed by atoms with van der Waals surface area (Å²) in [6, 6.07) is 6.92. The Morgan fingerprint density at radius 2 is 1.82 bits per heavy atom. The molecule has 3 heterocycles. The number of benzene rings is 1. The number of carbonyl (C=O) groups excluding carboxylic acids is 1. The second-order valence-corrected chi connectivity index (χ2v) is 10.8. The normalized spacial score (nSPS) is 28.6. The van der Waals surface area contributed by atoms with Crippen LogP contribution < -0.4 is 20.9 Å². The van der Waals surface area contributed by atoms with Crippen molar-refractivity contribution in [3.8, 4) is 0 Å². The van der Waals surface area contributed by atoms with Gasteiger partial charge in [-0.15, -0.1) is 0 Å². The number of para-hydroxylation sites is 1. The zero-order valence-corrected chi connectivity index (χ0v) is 17.4. The summed E-state index contributed by atoms with van der Waals surface area (Å²) in [6.45, 7) is 7.48. The first kappa shape index (κ1) is 19.6. The van der Waals surface area contributed by atoms with E-state index in [2.05, 4.69) is 41.7 Å². The molecule has 2 atom stereocenters. The molecule has 0 aliphatic carbocycles. The molecule has 0 saturated carbocycles. The molecule has 2 fully saturated rings. The van der Waals surface area contributed by atoms with Gasteiger partial charge >= 0.3 is 0 Å². The fourth-order valence-corrected chi connectivity index (χ4v) is 5.79. The average Bonchev–Trinajstić information content (AvgIpc) is 3.12. The number of likely N-dealkylation sites (tertiary alicyclic amines) is 1. The molecule has 3 aliphatic rings. The molecule has 2 unspecified atom stereocenters. The fourth-order valence-electron chi connectivity index (χ4n) is 4.24. The first-order chi connectivity index (χ1) is 13.1. The van der Waals surface area contributed by atoms with Crippen molar-refractivity contribution in [1.29, 1.82) is 0 Å². The number of hydrazine groups is 1. The van der Waals surface area contributed by atoms with E-state index in [0.717, 1.165) is 6.42 Å². The molecule has 8 nitrogen and oxygen atoms in total. The van der Waals surface area contributed by atoms with E-state index in [-0.39, 0.29) is 28.3 Å². The minimum absolute atomic E-state index is 0.0751. The van der Waals surface area contributed by atoms with Crippen LogP contribution in [0.3, 0.4) is 0 Å². The van der Waals surface area contributed by atoms with Crippen molar-refractivity contribution in [2.75, 3.05) is 18.4 Å². The number of carbonyl (C=O) groups is 1. The lowest BCUT2D eigenvalue weighted by Crippen LogP contribution is -2.63. The number of anilines is 1. The summed E-state index contributed by atoms with van der Waals surface area (Å²) in [7, 11) is -3.57. The third-order valence-corrected chi connectivity index (χ3v) is 7.65. The summed E-state index contributed by atoms with van der Waals surface area (Å²) in [4.78, 5) is 15.0. The van der Waals surface area contributed by atoms with Gasteiger partial charge in [-0.2, -0.15) is 4.72 Å². The van der Waals surface area contributed by atoms with Crippen LogP contribution in [0.5, 0.6) is 0 Å². The third kappa shape index (κ3) is 3.52. The average molecular weight is 408 g/mol. The largest absolute Gasteiger partial charge is 0.365 e. The number of piperidine rings is 1. The molecule has 0 radical (unpaired) electrons. The molecule has 2 saturated heterocycles. The van der Waals surface area contributed by atoms with E-state index >= 15 is 0 Å². The van der Waals surface area contributed by atoms with Gasteiger partial charge in [-0.3, -0.25) is 10.2 Å². The second kappa shape index (κ2) is 6.69. The Bertz CT molecular complexity index is 872. The first-order valence-electron chi connectivity index (χ1n) is 9.81. The SMILES string of the molecule is CC(C)(C)C1CC(C(=O)N2CCC3(CC2)Nc2ccccc2S(=O)(=O)N3)NN1. The molecule has 3 aliphatic heterocycles. The molecule has 4 rings (SSSR count). The van der Waals surface area contributed by atoms with Gasteiger partial charge in [0.2, 0.25) is 15.9 Å². The van der Waals surface area contributed by atoms with Gasteiger partial charge in [0.15, 0.2) is 0 Å². The summed E-state index contributed by atoms with van der Waals surface area (Å²) in [6.07, 6.45) is 1.80. The maximum atomic E-state index is 12.9. The number of amides is 1. The Balaban J connectivity index is 1.42. The van der Waals surface area contributed by atoms with Crippen LogP contribution in [-0.2, 0) is 14.8 Å². The maximum absolute atomic E-state index is 12.9. The van der Waals surface area contributed by atoms with Crippen molar-refractivity contribution < 1.29 is 13.2 Å². The molecule has 1 aromatic carbocycles. The highest BCUT2D eigenvalue weighted by Gasteiger charge is 2.45. The lowest BCUT2D eigenvalue weighted by Gasteiger charge is -2.45. The fraction of sp³-hybridized carbons (Fsp3) is 0.632. The van der Waals surface area contributed by atoms with Gasteiger partial charge in [-0.1, -0.05) is 32.9 Å². The van der Waals surface area contributed by atoms with Crippen molar-refractivity contribution in [2.24, 2.45) is 5.41 Å². The number of nitrogens with zero attached hydrogens (tertiary/aromatic N) is 1. The number of sulfonamides is 1. The Morgan fingerprint density at radius 1 is 1.14 bits per heavy atom. The summed E-state index contributed by atoms with van der Waals surface area (Å²) in [5.74, 6) is 0.0770. The summed E-state index contributed by atoms with van der Waals surface area (Å²) < 4.78 is 28.1. The van der Waals surface area contributed by atoms with Crippen molar-refractivity contribution in [1.82, 2.24) is 20.5 Å². The third-order valence-electron chi connectivity index (χ3n) is 6.06. The van der Waals surface area contributed by atoms with E-state index in [4.69, 9.17) is 0 Å². The topological polar surface area (TPSA) is 103 Å². The Labute approximate surface area is 166 Å². The molecule has 0 aromatic heterocycles. The zero-order valence-electron chi connectivity index (χ0n) is 16.6. The van der Waals surface area contributed by atoms with Crippen LogP contribution in [0.2, 0.25) is 0 Å². The van der Waals surface area contributed by atoms with E-state index < -0.39 is 15.7 Å². The molecular weight excluding hydrogens is 378 g/mol. The molecular formula is C19H29N5O3S. The second-order valence-electron chi connectivity index (χ2n) is 9.13. The van der Waals surface area contributed by atoms with E-state index in [9.17, 15) is 13.2 Å². The highest BCUT2D eigenvalue weighted by Crippen LogP contribution is 2.35. The first-order valence-corrected chi connectivity index (χ1v) is 11.3. The number of hydrogen-bond donors (Lipinski definition) is 4. The molecule has 1 spiro atoms. The van der Waals surface area contributed by atoms with Crippen LogP contribution in [0.15, 0.2) is 29.2 Å². The van der Waals surface area contributed by atoms with Gasteiger partial charge in [-0.25, -0.2) is 13.8 Å².